The van der Waals surface area contributed by atoms with Gasteiger partial charge in [-0.25, -0.2) is 14.6 Å². The highest BCUT2D eigenvalue weighted by molar-refractivity contribution is 6.35. The van der Waals surface area contributed by atoms with Gasteiger partial charge in [0.1, 0.15) is 5.69 Å². The molecule has 0 bridgehead atoms. The molecule has 3 rings (SSSR count). The fourth-order valence-electron chi connectivity index (χ4n) is 2.48. The zero-order valence-corrected chi connectivity index (χ0v) is 16.1. The number of nitrogens with two attached hydrogens (primary N) is 1. The van der Waals surface area contributed by atoms with E-state index in [9.17, 15) is 22.0 Å². The molecule has 0 fully saturated rings. The summed E-state index contributed by atoms with van der Waals surface area (Å²) in [5, 5.41) is 3.48. The second-order valence-electron chi connectivity index (χ2n) is 6.16. The number of hydrogen-bond acceptors (Lipinski definition) is 4. The van der Waals surface area contributed by atoms with Crippen LogP contribution in [0.3, 0.4) is 0 Å². The maximum absolute atomic E-state index is 13.8. The summed E-state index contributed by atoms with van der Waals surface area (Å²) in [7, 11) is 0. The molecule has 0 saturated carbocycles. The van der Waals surface area contributed by atoms with Crippen LogP contribution in [0.1, 0.15) is 17.0 Å². The van der Waals surface area contributed by atoms with Gasteiger partial charge >= 0.3 is 12.1 Å². The summed E-state index contributed by atoms with van der Waals surface area (Å²) in [5.74, 6) is -7.33. The highest BCUT2D eigenvalue weighted by Crippen LogP contribution is 2.43. The maximum Gasteiger partial charge on any atom is 0.461 e. The lowest BCUT2D eigenvalue weighted by atomic mass is 10.1. The summed E-state index contributed by atoms with van der Waals surface area (Å²) in [4.78, 5) is 7.32. The number of pyridine rings is 1. The first-order chi connectivity index (χ1) is 13.4. The van der Waals surface area contributed by atoms with Crippen LogP contribution >= 0.6 is 23.2 Å². The van der Waals surface area contributed by atoms with Crippen molar-refractivity contribution in [2.75, 3.05) is 5.73 Å². The van der Waals surface area contributed by atoms with Crippen LogP contribution in [0.2, 0.25) is 10.0 Å². The first-order valence-electron chi connectivity index (χ1n) is 7.96. The van der Waals surface area contributed by atoms with E-state index in [1.54, 1.807) is 25.1 Å². The van der Waals surface area contributed by atoms with Crippen molar-refractivity contribution in [3.63, 3.8) is 0 Å². The summed E-state index contributed by atoms with van der Waals surface area (Å²) in [5.41, 5.74) is 7.36. The number of nitrogen functional groups attached to an aromatic ring is 1. The van der Waals surface area contributed by atoms with Gasteiger partial charge in [0, 0.05) is 11.9 Å². The monoisotopic (exact) mass is 451 g/mol. The molecule has 12 heteroatoms. The number of nitrogens with zero attached hydrogens (tertiary/aromatic N) is 4. The third kappa shape index (κ3) is 4.13. The molecular weight excluding hydrogens is 440 g/mol. The number of aromatic nitrogens is 4. The predicted molar refractivity (Wildman–Crippen MR) is 97.9 cm³/mol. The Labute approximate surface area is 171 Å². The van der Waals surface area contributed by atoms with Crippen molar-refractivity contribution in [1.29, 1.82) is 0 Å². The topological polar surface area (TPSA) is 69.6 Å². The Hall–Kier alpha value is -2.46. The number of benzene rings is 1. The zero-order valence-electron chi connectivity index (χ0n) is 14.6. The van der Waals surface area contributed by atoms with E-state index in [2.05, 4.69) is 15.1 Å². The van der Waals surface area contributed by atoms with Gasteiger partial charge < -0.3 is 5.73 Å². The first kappa shape index (κ1) is 21.3. The number of alkyl halides is 5. The lowest BCUT2D eigenvalue weighted by molar-refractivity contribution is -0.292. The SMILES string of the molecule is Cc1cc(Cn2nc(C(F)(F)C(F)(F)F)nc2-c2ncc(Cl)cc2Cl)ccc1N. The van der Waals surface area contributed by atoms with Crippen LogP contribution in [0, 0.1) is 6.92 Å². The molecule has 1 aromatic carbocycles. The van der Waals surface area contributed by atoms with E-state index in [4.69, 9.17) is 28.9 Å². The maximum atomic E-state index is 13.8. The minimum absolute atomic E-state index is 0.0819. The fraction of sp³-hybridized carbons (Fsp3) is 0.235. The normalized spacial score (nSPS) is 12.4. The Morgan fingerprint density at radius 2 is 1.79 bits per heavy atom. The van der Waals surface area contributed by atoms with Gasteiger partial charge in [-0.05, 0) is 30.2 Å². The van der Waals surface area contributed by atoms with Gasteiger partial charge in [-0.3, -0.25) is 0 Å². The minimum Gasteiger partial charge on any atom is -0.399 e. The number of rotatable bonds is 4. The first-order valence-corrected chi connectivity index (χ1v) is 8.72. The molecule has 0 aliphatic carbocycles. The lowest BCUT2D eigenvalue weighted by Gasteiger charge is -2.15. The van der Waals surface area contributed by atoms with E-state index in [1.165, 1.54) is 6.07 Å². The molecule has 0 aliphatic rings. The Morgan fingerprint density at radius 3 is 2.38 bits per heavy atom. The van der Waals surface area contributed by atoms with Crippen molar-refractivity contribution in [3.05, 3.63) is 57.5 Å². The van der Waals surface area contributed by atoms with Gasteiger partial charge in [0.05, 0.1) is 16.6 Å². The van der Waals surface area contributed by atoms with Gasteiger partial charge in [0.15, 0.2) is 5.82 Å². The van der Waals surface area contributed by atoms with Gasteiger partial charge in [-0.15, -0.1) is 5.10 Å². The highest BCUT2D eigenvalue weighted by atomic mass is 35.5. The van der Waals surface area contributed by atoms with E-state index in [-0.39, 0.29) is 28.1 Å². The summed E-state index contributed by atoms with van der Waals surface area (Å²) in [6.07, 6.45) is -4.71. The Kier molecular flexibility index (Phi) is 5.44. The molecule has 3 aromatic rings. The summed E-state index contributed by atoms with van der Waals surface area (Å²) in [6, 6.07) is 6.09. The minimum atomic E-state index is -5.87. The van der Waals surface area contributed by atoms with E-state index < -0.39 is 17.9 Å². The fourth-order valence-corrected chi connectivity index (χ4v) is 2.94. The summed E-state index contributed by atoms with van der Waals surface area (Å²) < 4.78 is 67.0. The lowest BCUT2D eigenvalue weighted by Crippen LogP contribution is -2.35. The molecule has 5 nitrogen and oxygen atoms in total. The molecule has 0 spiro atoms. The van der Waals surface area contributed by atoms with E-state index >= 15 is 0 Å². The van der Waals surface area contributed by atoms with E-state index in [0.29, 0.717) is 16.8 Å². The van der Waals surface area contributed by atoms with Crippen LogP contribution in [0.15, 0.2) is 30.5 Å². The van der Waals surface area contributed by atoms with Crippen molar-refractivity contribution in [2.24, 2.45) is 0 Å². The Morgan fingerprint density at radius 1 is 1.10 bits per heavy atom. The van der Waals surface area contributed by atoms with Crippen LogP contribution in [0.5, 0.6) is 0 Å². The van der Waals surface area contributed by atoms with Gasteiger partial charge in [0.25, 0.3) is 0 Å². The second-order valence-corrected chi connectivity index (χ2v) is 7.01. The van der Waals surface area contributed by atoms with Crippen molar-refractivity contribution in [1.82, 2.24) is 19.7 Å². The largest absolute Gasteiger partial charge is 0.461 e. The van der Waals surface area contributed by atoms with Crippen LogP contribution < -0.4 is 5.73 Å². The van der Waals surface area contributed by atoms with Crippen molar-refractivity contribution in [3.8, 4) is 11.5 Å². The van der Waals surface area contributed by atoms with E-state index in [1.807, 2.05) is 0 Å². The Balaban J connectivity index is 2.15. The highest BCUT2D eigenvalue weighted by Gasteiger charge is 2.62. The van der Waals surface area contributed by atoms with Crippen LogP contribution in [0.4, 0.5) is 27.6 Å². The molecular formula is C17H12Cl2F5N5. The molecule has 0 aliphatic heterocycles. The molecule has 2 N–H and O–H groups in total. The van der Waals surface area contributed by atoms with Crippen molar-refractivity contribution < 1.29 is 22.0 Å². The average molecular weight is 452 g/mol. The molecule has 29 heavy (non-hydrogen) atoms. The number of aryl methyl sites for hydroxylation is 1. The molecule has 0 radical (unpaired) electrons. The van der Waals surface area contributed by atoms with Gasteiger partial charge in [-0.1, -0.05) is 35.3 Å². The van der Waals surface area contributed by atoms with Crippen molar-refractivity contribution >= 4 is 28.9 Å². The molecule has 0 saturated heterocycles. The molecule has 0 atom stereocenters. The van der Waals surface area contributed by atoms with Crippen LogP contribution in [-0.4, -0.2) is 25.9 Å². The zero-order chi connectivity index (χ0) is 21.6. The van der Waals surface area contributed by atoms with Crippen molar-refractivity contribution in [2.45, 2.75) is 25.6 Å². The number of anilines is 1. The van der Waals surface area contributed by atoms with Crippen LogP contribution in [-0.2, 0) is 12.5 Å². The van der Waals surface area contributed by atoms with Gasteiger partial charge in [-0.2, -0.15) is 22.0 Å². The molecule has 2 heterocycles. The predicted octanol–water partition coefficient (Wildman–Crippen LogP) is 5.24. The molecule has 0 amide bonds. The number of halogens is 7. The third-order valence-electron chi connectivity index (χ3n) is 3.99. The Bertz CT molecular complexity index is 1060. The smallest absolute Gasteiger partial charge is 0.399 e. The average Bonchev–Trinajstić information content (AvgIpc) is 3.01. The van der Waals surface area contributed by atoms with Crippen LogP contribution in [0.25, 0.3) is 11.5 Å². The standard InChI is InChI=1S/C17H12Cl2F5N5/c1-8-4-9(2-3-12(8)25)7-29-14(13-11(19)5-10(18)6-26-13)27-15(28-29)16(20,21)17(22,23)24/h2-6H,7,25H2,1H3. The number of hydrogen-bond donors (Lipinski definition) is 1. The quantitative estimate of drug-likeness (QED) is 0.434. The van der Waals surface area contributed by atoms with E-state index in [0.717, 1.165) is 10.9 Å². The second kappa shape index (κ2) is 7.42. The van der Waals surface area contributed by atoms with Gasteiger partial charge in [0.2, 0.25) is 5.82 Å². The summed E-state index contributed by atoms with van der Waals surface area (Å²) in [6.45, 7) is 1.56. The summed E-state index contributed by atoms with van der Waals surface area (Å²) >= 11 is 11.8. The third-order valence-corrected chi connectivity index (χ3v) is 4.49. The molecule has 2 aromatic heterocycles. The molecule has 154 valence electrons. The molecule has 0 unspecified atom stereocenters.